The fraction of sp³-hybridized carbons (Fsp3) is 0.500. The highest BCUT2D eigenvalue weighted by Crippen LogP contribution is 2.23. The van der Waals surface area contributed by atoms with Crippen molar-refractivity contribution in [1.82, 2.24) is 15.4 Å². The fourth-order valence-electron chi connectivity index (χ4n) is 2.12. The summed E-state index contributed by atoms with van der Waals surface area (Å²) in [6.45, 7) is 2.12. The minimum absolute atomic E-state index is 0.171. The van der Waals surface area contributed by atoms with Crippen LogP contribution in [0, 0.1) is 5.92 Å². The zero-order valence-corrected chi connectivity index (χ0v) is 13.1. The van der Waals surface area contributed by atoms with Crippen molar-refractivity contribution in [2.24, 2.45) is 11.0 Å². The van der Waals surface area contributed by atoms with Gasteiger partial charge in [-0.05, 0) is 32.3 Å². The van der Waals surface area contributed by atoms with Crippen LogP contribution in [0.2, 0.25) is 0 Å². The molecule has 1 saturated carbocycles. The summed E-state index contributed by atoms with van der Waals surface area (Å²) in [7, 11) is 0. The van der Waals surface area contributed by atoms with E-state index in [4.69, 9.17) is 4.74 Å². The van der Waals surface area contributed by atoms with Gasteiger partial charge >= 0.3 is 5.97 Å². The van der Waals surface area contributed by atoms with Crippen molar-refractivity contribution in [2.45, 2.75) is 31.3 Å². The molecule has 1 atom stereocenters. The smallest absolute Gasteiger partial charge is 0.314 e. The van der Waals surface area contributed by atoms with Crippen molar-refractivity contribution in [1.29, 1.82) is 0 Å². The maximum atomic E-state index is 11.8. The van der Waals surface area contributed by atoms with Gasteiger partial charge in [0.05, 0.1) is 24.0 Å². The number of nitrogens with zero attached hydrogens (tertiary/aromatic N) is 3. The van der Waals surface area contributed by atoms with Crippen LogP contribution in [0.5, 0.6) is 0 Å². The molecule has 8 heteroatoms. The van der Waals surface area contributed by atoms with Crippen molar-refractivity contribution in [3.8, 4) is 0 Å². The largest absolute Gasteiger partial charge is 0.465 e. The first-order valence-corrected chi connectivity index (χ1v) is 8.11. The normalized spacial score (nSPS) is 19.1. The number of amides is 1. The van der Waals surface area contributed by atoms with Crippen molar-refractivity contribution < 1.29 is 14.3 Å². The van der Waals surface area contributed by atoms with Gasteiger partial charge in [0.2, 0.25) is 0 Å². The number of ether oxygens (including phenoxy) is 1. The number of rotatable bonds is 6. The molecule has 22 heavy (non-hydrogen) atoms. The van der Waals surface area contributed by atoms with Gasteiger partial charge in [0.1, 0.15) is 0 Å². The van der Waals surface area contributed by atoms with Crippen molar-refractivity contribution in [3.63, 3.8) is 0 Å². The SMILES string of the molecule is CCOC(=O)[C@H]1CCC/C1=N/NC(=O)CSc1ncccn1. The third kappa shape index (κ3) is 4.80. The lowest BCUT2D eigenvalue weighted by molar-refractivity contribution is -0.145. The van der Waals surface area contributed by atoms with Crippen LogP contribution in [0.4, 0.5) is 0 Å². The van der Waals surface area contributed by atoms with E-state index in [1.165, 1.54) is 11.8 Å². The Hall–Kier alpha value is -1.96. The summed E-state index contributed by atoms with van der Waals surface area (Å²) in [5.41, 5.74) is 3.17. The molecule has 0 radical (unpaired) electrons. The van der Waals surface area contributed by atoms with Crippen LogP contribution in [-0.2, 0) is 14.3 Å². The van der Waals surface area contributed by atoms with E-state index in [0.717, 1.165) is 12.8 Å². The van der Waals surface area contributed by atoms with Crippen LogP contribution >= 0.6 is 11.8 Å². The van der Waals surface area contributed by atoms with Gasteiger partial charge in [-0.15, -0.1) is 0 Å². The number of hydrogen-bond donors (Lipinski definition) is 1. The van der Waals surface area contributed by atoms with E-state index < -0.39 is 0 Å². The summed E-state index contributed by atoms with van der Waals surface area (Å²) >= 11 is 1.23. The molecule has 0 aliphatic heterocycles. The highest BCUT2D eigenvalue weighted by atomic mass is 32.2. The number of nitrogens with one attached hydrogen (secondary N) is 1. The molecule has 7 nitrogen and oxygen atoms in total. The minimum atomic E-state index is -0.328. The Balaban J connectivity index is 1.82. The third-order valence-electron chi connectivity index (χ3n) is 3.10. The monoisotopic (exact) mass is 322 g/mol. The molecule has 1 aliphatic carbocycles. The number of esters is 1. The molecule has 118 valence electrons. The van der Waals surface area contributed by atoms with E-state index >= 15 is 0 Å². The van der Waals surface area contributed by atoms with E-state index in [0.29, 0.717) is 23.9 Å². The number of thioether (sulfide) groups is 1. The van der Waals surface area contributed by atoms with Crippen LogP contribution in [0.15, 0.2) is 28.7 Å². The molecule has 0 spiro atoms. The molecule has 1 N–H and O–H groups in total. The lowest BCUT2D eigenvalue weighted by atomic mass is 10.1. The van der Waals surface area contributed by atoms with Crippen LogP contribution in [0.3, 0.4) is 0 Å². The summed E-state index contributed by atoms with van der Waals surface area (Å²) in [6, 6.07) is 1.71. The minimum Gasteiger partial charge on any atom is -0.465 e. The van der Waals surface area contributed by atoms with Crippen molar-refractivity contribution in [3.05, 3.63) is 18.5 Å². The second-order valence-corrected chi connectivity index (χ2v) is 5.60. The molecule has 1 aromatic rings. The molecular weight excluding hydrogens is 304 g/mol. The van der Waals surface area contributed by atoms with Crippen molar-refractivity contribution in [2.75, 3.05) is 12.4 Å². The van der Waals surface area contributed by atoms with Gasteiger partial charge in [-0.3, -0.25) is 9.59 Å². The molecule has 1 heterocycles. The predicted molar refractivity (Wildman–Crippen MR) is 82.3 cm³/mol. The highest BCUT2D eigenvalue weighted by Gasteiger charge is 2.30. The molecule has 1 aromatic heterocycles. The topological polar surface area (TPSA) is 93.5 Å². The van der Waals surface area contributed by atoms with Gasteiger partial charge in [-0.25, -0.2) is 15.4 Å². The van der Waals surface area contributed by atoms with E-state index in [2.05, 4.69) is 20.5 Å². The first kappa shape index (κ1) is 16.4. The summed E-state index contributed by atoms with van der Waals surface area (Å²) < 4.78 is 5.02. The summed E-state index contributed by atoms with van der Waals surface area (Å²) in [5.74, 6) is -0.671. The average molecular weight is 322 g/mol. The molecule has 1 aliphatic rings. The average Bonchev–Trinajstić information content (AvgIpc) is 3.01. The molecule has 1 fully saturated rings. The Kier molecular flexibility index (Phi) is 6.32. The molecule has 2 rings (SSSR count). The van der Waals surface area contributed by atoms with E-state index in [1.54, 1.807) is 25.4 Å². The zero-order chi connectivity index (χ0) is 15.8. The number of carbonyl (C=O) groups excluding carboxylic acids is 2. The van der Waals surface area contributed by atoms with E-state index in [9.17, 15) is 9.59 Å². The number of carbonyl (C=O) groups is 2. The number of hydrogen-bond acceptors (Lipinski definition) is 7. The van der Waals surface area contributed by atoms with E-state index in [-0.39, 0.29) is 23.5 Å². The number of hydrazone groups is 1. The third-order valence-corrected chi connectivity index (χ3v) is 3.97. The van der Waals surface area contributed by atoms with Gasteiger partial charge < -0.3 is 4.74 Å². The summed E-state index contributed by atoms with van der Waals surface area (Å²) in [4.78, 5) is 31.6. The lowest BCUT2D eigenvalue weighted by Crippen LogP contribution is -2.26. The second kappa shape index (κ2) is 8.47. The molecule has 0 saturated heterocycles. The predicted octanol–water partition coefficient (Wildman–Crippen LogP) is 1.40. The second-order valence-electron chi connectivity index (χ2n) is 4.66. The fourth-order valence-corrected chi connectivity index (χ4v) is 2.71. The molecule has 0 bridgehead atoms. The van der Waals surface area contributed by atoms with Gasteiger partial charge in [-0.1, -0.05) is 11.8 Å². The number of aromatic nitrogens is 2. The first-order chi connectivity index (χ1) is 10.7. The molecule has 0 aromatic carbocycles. The van der Waals surface area contributed by atoms with Crippen LogP contribution in [0.25, 0.3) is 0 Å². The first-order valence-electron chi connectivity index (χ1n) is 7.12. The van der Waals surface area contributed by atoms with Gasteiger partial charge in [0.25, 0.3) is 5.91 Å². The Morgan fingerprint density at radius 1 is 1.45 bits per heavy atom. The summed E-state index contributed by atoms with van der Waals surface area (Å²) in [5, 5.41) is 4.62. The standard InChI is InChI=1S/C14H18N4O3S/c1-2-21-13(20)10-5-3-6-11(10)17-18-12(19)9-22-14-15-7-4-8-16-14/h4,7-8,10H,2-3,5-6,9H2,1H3,(H,18,19)/b17-11-/t10-/m0/s1. The quantitative estimate of drug-likeness (QED) is 0.368. The Morgan fingerprint density at radius 2 is 2.23 bits per heavy atom. The van der Waals surface area contributed by atoms with Crippen LogP contribution in [-0.4, -0.2) is 39.9 Å². The highest BCUT2D eigenvalue weighted by molar-refractivity contribution is 7.99. The maximum Gasteiger partial charge on any atom is 0.314 e. The Bertz CT molecular complexity index is 550. The van der Waals surface area contributed by atoms with Crippen LogP contribution in [0.1, 0.15) is 26.2 Å². The summed E-state index contributed by atoms with van der Waals surface area (Å²) in [6.07, 6.45) is 5.55. The van der Waals surface area contributed by atoms with Gasteiger partial charge in [-0.2, -0.15) is 5.10 Å². The molecular formula is C14H18N4O3S. The van der Waals surface area contributed by atoms with E-state index in [1.807, 2.05) is 0 Å². The van der Waals surface area contributed by atoms with Gasteiger partial charge in [0, 0.05) is 12.4 Å². The molecule has 0 unspecified atom stereocenters. The Morgan fingerprint density at radius 3 is 2.95 bits per heavy atom. The Labute approximate surface area is 132 Å². The van der Waals surface area contributed by atoms with Crippen molar-refractivity contribution >= 4 is 29.4 Å². The maximum absolute atomic E-state index is 11.8. The zero-order valence-electron chi connectivity index (χ0n) is 12.3. The lowest BCUT2D eigenvalue weighted by Gasteiger charge is -2.09. The van der Waals surface area contributed by atoms with Crippen LogP contribution < -0.4 is 5.43 Å². The van der Waals surface area contributed by atoms with Gasteiger partial charge in [0.15, 0.2) is 5.16 Å². The molecule has 1 amide bonds.